The van der Waals surface area contributed by atoms with Crippen molar-refractivity contribution in [3.63, 3.8) is 0 Å². The summed E-state index contributed by atoms with van der Waals surface area (Å²) < 4.78 is 23.2. The molecule has 1 atom stereocenters. The predicted octanol–water partition coefficient (Wildman–Crippen LogP) is 0.786. The van der Waals surface area contributed by atoms with E-state index in [-0.39, 0.29) is 11.3 Å². The Balaban J connectivity index is 2.47. The van der Waals surface area contributed by atoms with Gasteiger partial charge in [-0.05, 0) is 30.8 Å². The van der Waals surface area contributed by atoms with Crippen molar-refractivity contribution in [3.8, 4) is 0 Å². The SMILES string of the molecule is CNC(Cc1c[nH]c2ccc(S(C)(=O)=O)cc12)C(=O)O. The van der Waals surface area contributed by atoms with Crippen LogP contribution in [0.2, 0.25) is 0 Å². The fourth-order valence-corrected chi connectivity index (χ4v) is 2.74. The Kier molecular flexibility index (Phi) is 3.82. The molecule has 0 spiro atoms. The minimum atomic E-state index is -3.29. The molecule has 3 N–H and O–H groups in total. The zero-order chi connectivity index (χ0) is 14.9. The zero-order valence-corrected chi connectivity index (χ0v) is 12.0. The molecule has 6 nitrogen and oxygen atoms in total. The average molecular weight is 296 g/mol. The molecule has 0 aliphatic rings. The maximum Gasteiger partial charge on any atom is 0.321 e. The van der Waals surface area contributed by atoms with Gasteiger partial charge in [-0.2, -0.15) is 0 Å². The van der Waals surface area contributed by atoms with Crippen molar-refractivity contribution in [2.45, 2.75) is 17.4 Å². The molecule has 1 heterocycles. The highest BCUT2D eigenvalue weighted by Crippen LogP contribution is 2.23. The number of H-pyrrole nitrogens is 1. The van der Waals surface area contributed by atoms with E-state index in [4.69, 9.17) is 5.11 Å². The third-order valence-corrected chi connectivity index (χ3v) is 4.35. The molecule has 0 amide bonds. The van der Waals surface area contributed by atoms with Crippen LogP contribution < -0.4 is 5.32 Å². The monoisotopic (exact) mass is 296 g/mol. The second-order valence-electron chi connectivity index (χ2n) is 4.68. The van der Waals surface area contributed by atoms with Crippen molar-refractivity contribution < 1.29 is 18.3 Å². The number of carboxylic acid groups (broad SMARTS) is 1. The van der Waals surface area contributed by atoms with E-state index in [2.05, 4.69) is 10.3 Å². The number of nitrogens with one attached hydrogen (secondary N) is 2. The second-order valence-corrected chi connectivity index (χ2v) is 6.69. The number of aromatic nitrogens is 1. The first kappa shape index (κ1) is 14.5. The number of aromatic amines is 1. The minimum absolute atomic E-state index is 0.224. The maximum atomic E-state index is 11.6. The molecule has 1 aromatic carbocycles. The number of carbonyl (C=O) groups is 1. The van der Waals surface area contributed by atoms with Crippen LogP contribution >= 0.6 is 0 Å². The molecule has 0 aliphatic heterocycles. The normalized spacial score (nSPS) is 13.5. The lowest BCUT2D eigenvalue weighted by atomic mass is 10.1. The number of rotatable bonds is 5. The third kappa shape index (κ3) is 2.83. The molecule has 2 aromatic rings. The smallest absolute Gasteiger partial charge is 0.321 e. The van der Waals surface area contributed by atoms with Crippen LogP contribution in [0, 0.1) is 0 Å². The standard InChI is InChI=1S/C13H16N2O4S/c1-14-12(13(16)17)5-8-7-15-11-4-3-9(6-10(8)11)20(2,18)19/h3-4,6-7,12,14-15H,5H2,1-2H3,(H,16,17). The van der Waals surface area contributed by atoms with E-state index >= 15 is 0 Å². The Morgan fingerprint density at radius 3 is 2.70 bits per heavy atom. The number of benzene rings is 1. The number of aliphatic carboxylic acids is 1. The minimum Gasteiger partial charge on any atom is -0.480 e. The summed E-state index contributed by atoms with van der Waals surface area (Å²) in [6, 6.07) is 4.08. The maximum absolute atomic E-state index is 11.6. The molecular weight excluding hydrogens is 280 g/mol. The van der Waals surface area contributed by atoms with Gasteiger partial charge in [0.1, 0.15) is 6.04 Å². The molecule has 7 heteroatoms. The van der Waals surface area contributed by atoms with Crippen LogP contribution in [0.3, 0.4) is 0 Å². The van der Waals surface area contributed by atoms with Crippen molar-refractivity contribution in [3.05, 3.63) is 30.0 Å². The summed E-state index contributed by atoms with van der Waals surface area (Å²) in [6.45, 7) is 0. The van der Waals surface area contributed by atoms with E-state index in [0.717, 1.165) is 22.7 Å². The van der Waals surface area contributed by atoms with Gasteiger partial charge >= 0.3 is 5.97 Å². The fraction of sp³-hybridized carbons (Fsp3) is 0.308. The zero-order valence-electron chi connectivity index (χ0n) is 11.2. The molecule has 0 saturated carbocycles. The summed E-state index contributed by atoms with van der Waals surface area (Å²) >= 11 is 0. The van der Waals surface area contributed by atoms with Crippen molar-refractivity contribution in [2.75, 3.05) is 13.3 Å². The number of hydrogen-bond acceptors (Lipinski definition) is 4. The third-order valence-electron chi connectivity index (χ3n) is 3.24. The lowest BCUT2D eigenvalue weighted by Gasteiger charge is -2.10. The van der Waals surface area contributed by atoms with Crippen molar-refractivity contribution >= 4 is 26.7 Å². The van der Waals surface area contributed by atoms with Crippen LogP contribution in [0.25, 0.3) is 10.9 Å². The molecule has 108 valence electrons. The summed E-state index contributed by atoms with van der Waals surface area (Å²) in [5.41, 5.74) is 1.56. The van der Waals surface area contributed by atoms with Gasteiger partial charge in [-0.3, -0.25) is 4.79 Å². The first-order chi connectivity index (χ1) is 9.32. The quantitative estimate of drug-likeness (QED) is 0.757. The second kappa shape index (κ2) is 5.26. The van der Waals surface area contributed by atoms with Gasteiger partial charge < -0.3 is 15.4 Å². The van der Waals surface area contributed by atoms with Crippen LogP contribution in [0.15, 0.2) is 29.3 Å². The molecule has 0 fully saturated rings. The number of hydrogen-bond donors (Lipinski definition) is 3. The number of fused-ring (bicyclic) bond motifs is 1. The van der Waals surface area contributed by atoms with Crippen LogP contribution in [-0.4, -0.2) is 43.8 Å². The molecule has 0 saturated heterocycles. The lowest BCUT2D eigenvalue weighted by molar-refractivity contribution is -0.139. The first-order valence-corrected chi connectivity index (χ1v) is 7.92. The first-order valence-electron chi connectivity index (χ1n) is 6.03. The van der Waals surface area contributed by atoms with Gasteiger partial charge in [-0.25, -0.2) is 8.42 Å². The Bertz CT molecular complexity index is 749. The number of likely N-dealkylation sites (N-methyl/N-ethyl adjacent to an activating group) is 1. The van der Waals surface area contributed by atoms with E-state index < -0.39 is 21.8 Å². The van der Waals surface area contributed by atoms with Gasteiger partial charge in [0.2, 0.25) is 0 Å². The summed E-state index contributed by atoms with van der Waals surface area (Å²) in [7, 11) is -1.71. The lowest BCUT2D eigenvalue weighted by Crippen LogP contribution is -2.35. The molecule has 0 bridgehead atoms. The average Bonchev–Trinajstić information content (AvgIpc) is 2.76. The summed E-state index contributed by atoms with van der Waals surface area (Å²) in [5.74, 6) is -0.943. The van der Waals surface area contributed by atoms with E-state index in [1.807, 2.05) is 0 Å². The highest BCUT2D eigenvalue weighted by Gasteiger charge is 2.18. The molecular formula is C13H16N2O4S. The van der Waals surface area contributed by atoms with Crippen LogP contribution in [0.4, 0.5) is 0 Å². The Hall–Kier alpha value is -1.86. The van der Waals surface area contributed by atoms with E-state index in [1.54, 1.807) is 25.4 Å². The highest BCUT2D eigenvalue weighted by atomic mass is 32.2. The van der Waals surface area contributed by atoms with Crippen LogP contribution in [-0.2, 0) is 21.1 Å². The van der Waals surface area contributed by atoms with Gasteiger partial charge in [-0.15, -0.1) is 0 Å². The summed E-state index contributed by atoms with van der Waals surface area (Å²) in [4.78, 5) is 14.3. The van der Waals surface area contributed by atoms with Crippen molar-refractivity contribution in [1.29, 1.82) is 0 Å². The van der Waals surface area contributed by atoms with Gasteiger partial charge in [0.15, 0.2) is 9.84 Å². The van der Waals surface area contributed by atoms with Gasteiger partial charge in [0, 0.05) is 29.8 Å². The van der Waals surface area contributed by atoms with Gasteiger partial charge in [-0.1, -0.05) is 0 Å². The fourth-order valence-electron chi connectivity index (χ4n) is 2.09. The number of sulfone groups is 1. The molecule has 1 unspecified atom stereocenters. The van der Waals surface area contributed by atoms with E-state index in [9.17, 15) is 13.2 Å². The number of carboxylic acids is 1. The molecule has 0 aliphatic carbocycles. The Labute approximate surface area is 116 Å². The summed E-state index contributed by atoms with van der Waals surface area (Å²) in [5, 5.41) is 12.5. The van der Waals surface area contributed by atoms with Crippen LogP contribution in [0.5, 0.6) is 0 Å². The molecule has 2 rings (SSSR count). The molecule has 1 aromatic heterocycles. The van der Waals surface area contributed by atoms with E-state index in [1.165, 1.54) is 6.07 Å². The molecule has 20 heavy (non-hydrogen) atoms. The van der Waals surface area contributed by atoms with Crippen molar-refractivity contribution in [2.24, 2.45) is 0 Å². The Morgan fingerprint density at radius 1 is 1.45 bits per heavy atom. The van der Waals surface area contributed by atoms with E-state index in [0.29, 0.717) is 0 Å². The Morgan fingerprint density at radius 2 is 2.15 bits per heavy atom. The van der Waals surface area contributed by atoms with Gasteiger partial charge in [0.05, 0.1) is 4.90 Å². The predicted molar refractivity (Wildman–Crippen MR) is 75.6 cm³/mol. The highest BCUT2D eigenvalue weighted by molar-refractivity contribution is 7.90. The summed E-state index contributed by atoms with van der Waals surface area (Å²) in [6.07, 6.45) is 3.14. The van der Waals surface area contributed by atoms with Crippen LogP contribution in [0.1, 0.15) is 5.56 Å². The largest absolute Gasteiger partial charge is 0.480 e. The van der Waals surface area contributed by atoms with Gasteiger partial charge in [0.25, 0.3) is 0 Å². The topological polar surface area (TPSA) is 99.3 Å². The molecule has 0 radical (unpaired) electrons. The van der Waals surface area contributed by atoms with Crippen molar-refractivity contribution in [1.82, 2.24) is 10.3 Å².